The molecule has 1 aromatic heterocycles. The van der Waals surface area contributed by atoms with Crippen LogP contribution in [-0.2, 0) is 6.18 Å². The van der Waals surface area contributed by atoms with Gasteiger partial charge in [-0.05, 0) is 30.3 Å². The van der Waals surface area contributed by atoms with Crippen LogP contribution in [0.25, 0.3) is 0 Å². The van der Waals surface area contributed by atoms with Gasteiger partial charge in [-0.2, -0.15) is 13.2 Å². The molecule has 2 rings (SSSR count). The molecule has 0 unspecified atom stereocenters. The first-order valence-corrected chi connectivity index (χ1v) is 6.60. The number of pyridine rings is 1. The molecule has 7 heteroatoms. The van der Waals surface area contributed by atoms with Gasteiger partial charge in [0.2, 0.25) is 0 Å². The number of ether oxygens (including phenoxy) is 1. The third-order valence-electron chi connectivity index (χ3n) is 2.10. The van der Waals surface area contributed by atoms with E-state index in [-0.39, 0.29) is 5.75 Å². The van der Waals surface area contributed by atoms with E-state index < -0.39 is 11.9 Å². The van der Waals surface area contributed by atoms with E-state index in [1.165, 1.54) is 6.07 Å². The third kappa shape index (κ3) is 3.94. The van der Waals surface area contributed by atoms with Crippen molar-refractivity contribution in [3.63, 3.8) is 0 Å². The number of aromatic nitrogens is 1. The van der Waals surface area contributed by atoms with Gasteiger partial charge in [-0.25, -0.2) is 4.98 Å². The smallest absolute Gasteiger partial charge is 0.433 e. The molecule has 0 saturated heterocycles. The summed E-state index contributed by atoms with van der Waals surface area (Å²) in [5.74, 6) is 0.723. The minimum atomic E-state index is -4.45. The highest BCUT2D eigenvalue weighted by Gasteiger charge is 2.32. The number of rotatable bonds is 2. The van der Waals surface area contributed by atoms with E-state index in [9.17, 15) is 13.2 Å². The lowest BCUT2D eigenvalue weighted by Crippen LogP contribution is -2.07. The highest BCUT2D eigenvalue weighted by molar-refractivity contribution is 9.11. The van der Waals surface area contributed by atoms with E-state index in [1.807, 2.05) is 6.07 Å². The highest BCUT2D eigenvalue weighted by atomic mass is 79.9. The van der Waals surface area contributed by atoms with Crippen LogP contribution in [0.3, 0.4) is 0 Å². The van der Waals surface area contributed by atoms with Gasteiger partial charge >= 0.3 is 6.18 Å². The Balaban J connectivity index is 2.20. The largest absolute Gasteiger partial charge is 0.456 e. The fourth-order valence-electron chi connectivity index (χ4n) is 1.33. The van der Waals surface area contributed by atoms with Gasteiger partial charge in [0.05, 0.1) is 6.20 Å². The van der Waals surface area contributed by atoms with Crippen molar-refractivity contribution >= 4 is 31.9 Å². The number of benzene rings is 1. The predicted octanol–water partition coefficient (Wildman–Crippen LogP) is 5.42. The van der Waals surface area contributed by atoms with Crippen molar-refractivity contribution in [2.45, 2.75) is 6.18 Å². The highest BCUT2D eigenvalue weighted by Crippen LogP contribution is 2.31. The van der Waals surface area contributed by atoms with Crippen LogP contribution in [-0.4, -0.2) is 4.98 Å². The second-order valence-corrected chi connectivity index (χ2v) is 5.42. The summed E-state index contributed by atoms with van der Waals surface area (Å²) in [6, 6.07) is 7.32. The fourth-order valence-corrected chi connectivity index (χ4v) is 2.58. The number of hydrogen-bond acceptors (Lipinski definition) is 2. The molecule has 0 N–H and O–H groups in total. The Hall–Kier alpha value is -1.08. The van der Waals surface area contributed by atoms with Crippen LogP contribution in [0.1, 0.15) is 5.69 Å². The maximum atomic E-state index is 12.3. The zero-order chi connectivity index (χ0) is 14.0. The molecule has 0 aliphatic carbocycles. The maximum absolute atomic E-state index is 12.3. The number of hydrogen-bond donors (Lipinski definition) is 0. The Morgan fingerprint density at radius 2 is 1.58 bits per heavy atom. The summed E-state index contributed by atoms with van der Waals surface area (Å²) < 4.78 is 44.0. The molecule has 0 radical (unpaired) electrons. The lowest BCUT2D eigenvalue weighted by Gasteiger charge is -2.08. The molecule has 1 heterocycles. The van der Waals surface area contributed by atoms with Crippen molar-refractivity contribution in [2.75, 3.05) is 0 Å². The summed E-state index contributed by atoms with van der Waals surface area (Å²) >= 11 is 6.58. The van der Waals surface area contributed by atoms with Crippen LogP contribution in [0.4, 0.5) is 13.2 Å². The molecule has 0 aliphatic rings. The second-order valence-electron chi connectivity index (χ2n) is 3.58. The van der Waals surface area contributed by atoms with Gasteiger partial charge in [-0.15, -0.1) is 0 Å². The van der Waals surface area contributed by atoms with Crippen molar-refractivity contribution in [2.24, 2.45) is 0 Å². The molecule has 0 amide bonds. The summed E-state index contributed by atoms with van der Waals surface area (Å²) in [6.07, 6.45) is -3.41. The first-order chi connectivity index (χ1) is 8.84. The molecule has 1 aromatic carbocycles. The number of alkyl halides is 3. The Bertz CT molecular complexity index is 564. The first kappa shape index (κ1) is 14.3. The van der Waals surface area contributed by atoms with Crippen molar-refractivity contribution < 1.29 is 17.9 Å². The van der Waals surface area contributed by atoms with Gasteiger partial charge in [-0.3, -0.25) is 0 Å². The van der Waals surface area contributed by atoms with Crippen molar-refractivity contribution in [3.8, 4) is 11.5 Å². The van der Waals surface area contributed by atoms with Gasteiger partial charge in [0.1, 0.15) is 17.2 Å². The molecule has 0 fully saturated rings. The van der Waals surface area contributed by atoms with Crippen molar-refractivity contribution in [3.05, 3.63) is 51.2 Å². The minimum absolute atomic E-state index is 0.234. The van der Waals surface area contributed by atoms with E-state index in [0.717, 1.165) is 21.2 Å². The van der Waals surface area contributed by atoms with Crippen molar-refractivity contribution in [1.82, 2.24) is 4.98 Å². The molecule has 0 aliphatic heterocycles. The average Bonchev–Trinajstić information content (AvgIpc) is 2.26. The summed E-state index contributed by atoms with van der Waals surface area (Å²) in [7, 11) is 0. The van der Waals surface area contributed by atoms with Gasteiger partial charge in [-0.1, -0.05) is 31.9 Å². The number of halogens is 5. The van der Waals surface area contributed by atoms with Crippen molar-refractivity contribution in [1.29, 1.82) is 0 Å². The van der Waals surface area contributed by atoms with E-state index >= 15 is 0 Å². The molecule has 100 valence electrons. The zero-order valence-electron chi connectivity index (χ0n) is 9.21. The summed E-state index contributed by atoms with van der Waals surface area (Å²) in [5, 5.41) is 0. The molecule has 0 atom stereocenters. The van der Waals surface area contributed by atoms with E-state index in [0.29, 0.717) is 5.75 Å². The molecule has 0 spiro atoms. The van der Waals surface area contributed by atoms with Crippen LogP contribution in [0.2, 0.25) is 0 Å². The average molecular weight is 397 g/mol. The summed E-state index contributed by atoms with van der Waals surface area (Å²) in [5.41, 5.74) is -0.949. The molecule has 0 bridgehead atoms. The molecule has 2 nitrogen and oxygen atoms in total. The molecular weight excluding hydrogens is 391 g/mol. The van der Waals surface area contributed by atoms with Crippen LogP contribution in [0.15, 0.2) is 45.5 Å². The Labute approximate surface area is 123 Å². The predicted molar refractivity (Wildman–Crippen MR) is 71.2 cm³/mol. The molecular formula is C12H6Br2F3NO. The monoisotopic (exact) mass is 395 g/mol. The van der Waals surface area contributed by atoms with E-state index in [2.05, 4.69) is 36.8 Å². The standard InChI is InChI=1S/C12H6Br2F3NO/c13-7-3-8(14)5-10(4-7)19-9-1-2-11(18-6-9)12(15,16)17/h1-6H. The van der Waals surface area contributed by atoms with Crippen LogP contribution < -0.4 is 4.74 Å². The number of nitrogens with zero attached hydrogens (tertiary/aromatic N) is 1. The van der Waals surface area contributed by atoms with Gasteiger partial charge in [0, 0.05) is 8.95 Å². The first-order valence-electron chi connectivity index (χ1n) is 5.02. The lowest BCUT2D eigenvalue weighted by atomic mass is 10.3. The molecule has 2 aromatic rings. The normalized spacial score (nSPS) is 11.4. The third-order valence-corrected chi connectivity index (χ3v) is 3.01. The Morgan fingerprint density at radius 1 is 0.947 bits per heavy atom. The Kier molecular flexibility index (Phi) is 4.15. The van der Waals surface area contributed by atoms with Gasteiger partial charge < -0.3 is 4.74 Å². The SMILES string of the molecule is FC(F)(F)c1ccc(Oc2cc(Br)cc(Br)c2)cn1. The fraction of sp³-hybridized carbons (Fsp3) is 0.0833. The van der Waals surface area contributed by atoms with Crippen LogP contribution in [0, 0.1) is 0 Å². The van der Waals surface area contributed by atoms with Gasteiger partial charge in [0.15, 0.2) is 0 Å². The summed E-state index contributed by atoms with van der Waals surface area (Å²) in [6.45, 7) is 0. The zero-order valence-corrected chi connectivity index (χ0v) is 12.4. The summed E-state index contributed by atoms with van der Waals surface area (Å²) in [4.78, 5) is 3.32. The molecule has 19 heavy (non-hydrogen) atoms. The lowest BCUT2D eigenvalue weighted by molar-refractivity contribution is -0.141. The Morgan fingerprint density at radius 3 is 2.05 bits per heavy atom. The quantitative estimate of drug-likeness (QED) is 0.676. The topological polar surface area (TPSA) is 22.1 Å². The van der Waals surface area contributed by atoms with Crippen LogP contribution in [0.5, 0.6) is 11.5 Å². The minimum Gasteiger partial charge on any atom is -0.456 e. The van der Waals surface area contributed by atoms with E-state index in [4.69, 9.17) is 4.74 Å². The maximum Gasteiger partial charge on any atom is 0.433 e. The van der Waals surface area contributed by atoms with Crippen LogP contribution >= 0.6 is 31.9 Å². The second kappa shape index (κ2) is 5.50. The van der Waals surface area contributed by atoms with E-state index in [1.54, 1.807) is 12.1 Å². The van der Waals surface area contributed by atoms with Gasteiger partial charge in [0.25, 0.3) is 0 Å². The molecule has 0 saturated carbocycles.